The molecule has 0 radical (unpaired) electrons. The summed E-state index contributed by atoms with van der Waals surface area (Å²) in [4.78, 5) is 15.8. The first-order valence-electron chi connectivity index (χ1n) is 6.75. The second-order valence-electron chi connectivity index (χ2n) is 5.06. The van der Waals surface area contributed by atoms with Crippen LogP contribution < -0.4 is 5.32 Å². The molecule has 1 amide bonds. The van der Waals surface area contributed by atoms with Gasteiger partial charge in [0.05, 0.1) is 12.6 Å². The van der Waals surface area contributed by atoms with Gasteiger partial charge in [-0.05, 0) is 31.9 Å². The predicted octanol–water partition coefficient (Wildman–Crippen LogP) is 2.16. The predicted molar refractivity (Wildman–Crippen MR) is 77.1 cm³/mol. The molecule has 0 spiro atoms. The van der Waals surface area contributed by atoms with Gasteiger partial charge in [0.1, 0.15) is 12.7 Å². The van der Waals surface area contributed by atoms with E-state index < -0.39 is 0 Å². The van der Waals surface area contributed by atoms with Crippen molar-refractivity contribution in [1.29, 1.82) is 0 Å². The van der Waals surface area contributed by atoms with E-state index in [-0.39, 0.29) is 11.9 Å². The second kappa shape index (κ2) is 6.32. The van der Waals surface area contributed by atoms with Gasteiger partial charge in [-0.15, -0.1) is 0 Å². The van der Waals surface area contributed by atoms with Crippen molar-refractivity contribution >= 4 is 5.91 Å². The highest BCUT2D eigenvalue weighted by molar-refractivity contribution is 5.76. The third-order valence-corrected chi connectivity index (χ3v) is 3.31. The molecule has 2 aromatic rings. The first kappa shape index (κ1) is 14.2. The van der Waals surface area contributed by atoms with Gasteiger partial charge in [0.25, 0.3) is 0 Å². The average Bonchev–Trinajstić information content (AvgIpc) is 2.92. The summed E-state index contributed by atoms with van der Waals surface area (Å²) < 4.78 is 1.65. The van der Waals surface area contributed by atoms with Crippen molar-refractivity contribution in [1.82, 2.24) is 20.1 Å². The number of nitrogens with zero attached hydrogens (tertiary/aromatic N) is 3. The monoisotopic (exact) mass is 272 g/mol. The molecule has 1 unspecified atom stereocenters. The molecule has 1 atom stereocenters. The number of aromatic nitrogens is 3. The van der Waals surface area contributed by atoms with Gasteiger partial charge in [-0.25, -0.2) is 4.98 Å². The van der Waals surface area contributed by atoms with Gasteiger partial charge in [-0.3, -0.25) is 9.48 Å². The van der Waals surface area contributed by atoms with E-state index in [1.54, 1.807) is 11.0 Å². The highest BCUT2D eigenvalue weighted by Crippen LogP contribution is 2.18. The zero-order chi connectivity index (χ0) is 14.5. The number of rotatable bonds is 5. The number of aryl methyl sites for hydroxylation is 3. The highest BCUT2D eigenvalue weighted by atomic mass is 16.1. The summed E-state index contributed by atoms with van der Waals surface area (Å²) in [5, 5.41) is 7.00. The zero-order valence-corrected chi connectivity index (χ0v) is 12.1. The third kappa shape index (κ3) is 3.66. The maximum atomic E-state index is 11.9. The summed E-state index contributed by atoms with van der Waals surface area (Å²) in [6, 6.07) is 6.30. The lowest BCUT2D eigenvalue weighted by atomic mass is 10.00. The number of carbonyl (C=O) groups excluding carboxylic acids is 1. The van der Waals surface area contributed by atoms with Crippen LogP contribution in [0.25, 0.3) is 0 Å². The SMILES string of the molecule is Cc1ccc(C)c(C(C)NC(=O)CCn2cncn2)c1. The van der Waals surface area contributed by atoms with Crippen LogP contribution in [0.4, 0.5) is 0 Å². The molecule has 0 saturated heterocycles. The molecule has 0 aliphatic rings. The Labute approximate surface area is 119 Å². The maximum Gasteiger partial charge on any atom is 0.222 e. The number of amides is 1. The van der Waals surface area contributed by atoms with Crippen LogP contribution in [0.15, 0.2) is 30.9 Å². The van der Waals surface area contributed by atoms with E-state index in [1.807, 2.05) is 6.92 Å². The van der Waals surface area contributed by atoms with Crippen LogP contribution in [-0.4, -0.2) is 20.7 Å². The van der Waals surface area contributed by atoms with Gasteiger partial charge < -0.3 is 5.32 Å². The van der Waals surface area contributed by atoms with Crippen molar-refractivity contribution in [3.05, 3.63) is 47.5 Å². The zero-order valence-electron chi connectivity index (χ0n) is 12.1. The molecule has 0 saturated carbocycles. The smallest absolute Gasteiger partial charge is 0.222 e. The number of nitrogens with one attached hydrogen (secondary N) is 1. The average molecular weight is 272 g/mol. The maximum absolute atomic E-state index is 11.9. The van der Waals surface area contributed by atoms with E-state index in [1.165, 1.54) is 23.0 Å². The Balaban J connectivity index is 1.91. The normalized spacial score (nSPS) is 12.2. The van der Waals surface area contributed by atoms with Crippen LogP contribution in [0.5, 0.6) is 0 Å². The summed E-state index contributed by atoms with van der Waals surface area (Å²) in [6.45, 7) is 6.68. The molecular weight excluding hydrogens is 252 g/mol. The number of carbonyl (C=O) groups is 1. The molecule has 5 nitrogen and oxygen atoms in total. The minimum Gasteiger partial charge on any atom is -0.350 e. The molecule has 1 heterocycles. The number of hydrogen-bond donors (Lipinski definition) is 1. The van der Waals surface area contributed by atoms with Crippen LogP contribution in [-0.2, 0) is 11.3 Å². The van der Waals surface area contributed by atoms with Crippen molar-refractivity contribution in [2.75, 3.05) is 0 Å². The molecule has 1 aromatic carbocycles. The van der Waals surface area contributed by atoms with Crippen molar-refractivity contribution in [3.63, 3.8) is 0 Å². The molecule has 0 aliphatic heterocycles. The fourth-order valence-electron chi connectivity index (χ4n) is 2.18. The topological polar surface area (TPSA) is 59.8 Å². The minimum atomic E-state index is 0.0122. The summed E-state index contributed by atoms with van der Waals surface area (Å²) in [5.41, 5.74) is 3.56. The summed E-state index contributed by atoms with van der Waals surface area (Å²) in [7, 11) is 0. The van der Waals surface area contributed by atoms with Crippen molar-refractivity contribution in [2.45, 2.75) is 39.8 Å². The molecule has 0 fully saturated rings. The molecule has 20 heavy (non-hydrogen) atoms. The Bertz CT molecular complexity index is 578. The summed E-state index contributed by atoms with van der Waals surface area (Å²) >= 11 is 0. The third-order valence-electron chi connectivity index (χ3n) is 3.31. The summed E-state index contributed by atoms with van der Waals surface area (Å²) in [6.07, 6.45) is 3.48. The Morgan fingerprint density at radius 1 is 1.40 bits per heavy atom. The number of hydrogen-bond acceptors (Lipinski definition) is 3. The van der Waals surface area contributed by atoms with Gasteiger partial charge >= 0.3 is 0 Å². The lowest BCUT2D eigenvalue weighted by Gasteiger charge is -2.17. The molecule has 0 bridgehead atoms. The Morgan fingerprint density at radius 2 is 2.20 bits per heavy atom. The summed E-state index contributed by atoms with van der Waals surface area (Å²) in [5.74, 6) is 0.0221. The lowest BCUT2D eigenvalue weighted by Crippen LogP contribution is -2.28. The fourth-order valence-corrected chi connectivity index (χ4v) is 2.18. The highest BCUT2D eigenvalue weighted by Gasteiger charge is 2.12. The lowest BCUT2D eigenvalue weighted by molar-refractivity contribution is -0.122. The molecule has 106 valence electrons. The van der Waals surface area contributed by atoms with Gasteiger partial charge in [-0.1, -0.05) is 23.8 Å². The quantitative estimate of drug-likeness (QED) is 0.907. The van der Waals surface area contributed by atoms with Crippen molar-refractivity contribution in [2.24, 2.45) is 0 Å². The van der Waals surface area contributed by atoms with Crippen LogP contribution in [0.3, 0.4) is 0 Å². The minimum absolute atomic E-state index is 0.0122. The van der Waals surface area contributed by atoms with E-state index in [2.05, 4.69) is 47.4 Å². The van der Waals surface area contributed by atoms with Crippen LogP contribution in [0.2, 0.25) is 0 Å². The second-order valence-corrected chi connectivity index (χ2v) is 5.06. The molecular formula is C15H20N4O. The molecule has 5 heteroatoms. The molecule has 1 aromatic heterocycles. The first-order valence-corrected chi connectivity index (χ1v) is 6.75. The van der Waals surface area contributed by atoms with Gasteiger partial charge in [0.15, 0.2) is 0 Å². The van der Waals surface area contributed by atoms with E-state index >= 15 is 0 Å². The largest absolute Gasteiger partial charge is 0.350 e. The Morgan fingerprint density at radius 3 is 2.90 bits per heavy atom. The van der Waals surface area contributed by atoms with E-state index in [4.69, 9.17) is 0 Å². The Kier molecular flexibility index (Phi) is 4.50. The van der Waals surface area contributed by atoms with Crippen LogP contribution in [0, 0.1) is 13.8 Å². The standard InChI is InChI=1S/C15H20N4O/c1-11-4-5-12(2)14(8-11)13(3)18-15(20)6-7-19-10-16-9-17-19/h4-5,8-10,13H,6-7H2,1-3H3,(H,18,20). The molecule has 1 N–H and O–H groups in total. The van der Waals surface area contributed by atoms with Gasteiger partial charge in [-0.2, -0.15) is 5.10 Å². The van der Waals surface area contributed by atoms with Crippen molar-refractivity contribution in [3.8, 4) is 0 Å². The van der Waals surface area contributed by atoms with E-state index in [0.29, 0.717) is 13.0 Å². The molecule has 0 aliphatic carbocycles. The van der Waals surface area contributed by atoms with Gasteiger partial charge in [0.2, 0.25) is 5.91 Å². The first-order chi connectivity index (χ1) is 9.56. The molecule has 2 rings (SSSR count). The van der Waals surface area contributed by atoms with E-state index in [0.717, 1.165) is 0 Å². The van der Waals surface area contributed by atoms with Crippen molar-refractivity contribution < 1.29 is 4.79 Å². The fraction of sp³-hybridized carbons (Fsp3) is 0.400. The van der Waals surface area contributed by atoms with Crippen LogP contribution >= 0.6 is 0 Å². The number of benzene rings is 1. The van der Waals surface area contributed by atoms with E-state index in [9.17, 15) is 4.79 Å². The Hall–Kier alpha value is -2.17. The van der Waals surface area contributed by atoms with Gasteiger partial charge in [0, 0.05) is 6.42 Å². The van der Waals surface area contributed by atoms with Crippen LogP contribution in [0.1, 0.15) is 36.1 Å².